The van der Waals surface area contributed by atoms with E-state index in [1.54, 1.807) is 0 Å². The van der Waals surface area contributed by atoms with Crippen LogP contribution in [-0.4, -0.2) is 24.8 Å². The van der Waals surface area contributed by atoms with E-state index in [9.17, 15) is 9.59 Å². The van der Waals surface area contributed by atoms with Crippen molar-refractivity contribution in [2.45, 2.75) is 25.9 Å². The average Bonchev–Trinajstić information content (AvgIpc) is 1.85. The summed E-state index contributed by atoms with van der Waals surface area (Å²) in [4.78, 5) is 22.0. The maximum absolute atomic E-state index is 11.1. The highest BCUT2D eigenvalue weighted by Gasteiger charge is 2.32. The Balaban J connectivity index is 2.66. The molecule has 62 valence electrons. The van der Waals surface area contributed by atoms with E-state index < -0.39 is 0 Å². The van der Waals surface area contributed by atoms with Crippen LogP contribution >= 0.6 is 0 Å². The van der Waals surface area contributed by atoms with Crippen molar-refractivity contribution in [3.63, 3.8) is 0 Å². The number of hydrogen-bond acceptors (Lipinski definition) is 3. The van der Waals surface area contributed by atoms with Gasteiger partial charge in [0.15, 0.2) is 5.78 Å². The minimum absolute atomic E-state index is 0.0378. The summed E-state index contributed by atoms with van der Waals surface area (Å²) < 4.78 is 4.96. The largest absolute Gasteiger partial charge is 0.373 e. The number of ether oxygens (including phenoxy) is 1. The van der Waals surface area contributed by atoms with Gasteiger partial charge in [0.1, 0.15) is 11.9 Å². The molecular formula is C8H12O3. The molecule has 0 heterocycles. The van der Waals surface area contributed by atoms with Crippen LogP contribution in [0.15, 0.2) is 0 Å². The Morgan fingerprint density at radius 3 is 2.55 bits per heavy atom. The van der Waals surface area contributed by atoms with Crippen LogP contribution in [0.1, 0.15) is 19.8 Å². The van der Waals surface area contributed by atoms with Crippen LogP contribution in [0.25, 0.3) is 0 Å². The van der Waals surface area contributed by atoms with E-state index in [0.29, 0.717) is 6.42 Å². The van der Waals surface area contributed by atoms with Crippen molar-refractivity contribution in [3.05, 3.63) is 0 Å². The molecule has 2 unspecified atom stereocenters. The Hall–Kier alpha value is -0.700. The first-order valence-electron chi connectivity index (χ1n) is 3.72. The summed E-state index contributed by atoms with van der Waals surface area (Å²) in [5, 5.41) is 0. The molecule has 0 saturated heterocycles. The van der Waals surface area contributed by atoms with Crippen molar-refractivity contribution in [2.24, 2.45) is 5.92 Å². The van der Waals surface area contributed by atoms with Gasteiger partial charge in [-0.2, -0.15) is 0 Å². The van der Waals surface area contributed by atoms with Crippen molar-refractivity contribution in [3.8, 4) is 0 Å². The van der Waals surface area contributed by atoms with Crippen molar-refractivity contribution in [1.29, 1.82) is 0 Å². The lowest BCUT2D eigenvalue weighted by Crippen LogP contribution is -2.37. The summed E-state index contributed by atoms with van der Waals surface area (Å²) >= 11 is 0. The summed E-state index contributed by atoms with van der Waals surface area (Å²) in [6.45, 7) is 1.86. The molecule has 1 aliphatic carbocycles. The fourth-order valence-electron chi connectivity index (χ4n) is 1.51. The molecule has 1 saturated carbocycles. The molecule has 0 aromatic carbocycles. The summed E-state index contributed by atoms with van der Waals surface area (Å²) in [7, 11) is 1.51. The van der Waals surface area contributed by atoms with Crippen LogP contribution in [0, 0.1) is 5.92 Å². The Labute approximate surface area is 65.7 Å². The van der Waals surface area contributed by atoms with Gasteiger partial charge in [-0.3, -0.25) is 9.59 Å². The van der Waals surface area contributed by atoms with Gasteiger partial charge in [0, 0.05) is 13.5 Å². The van der Waals surface area contributed by atoms with Gasteiger partial charge in [-0.1, -0.05) is 6.92 Å². The van der Waals surface area contributed by atoms with E-state index in [1.807, 2.05) is 6.92 Å². The van der Waals surface area contributed by atoms with Crippen LogP contribution in [0.2, 0.25) is 0 Å². The lowest BCUT2D eigenvalue weighted by Gasteiger charge is -2.24. The van der Waals surface area contributed by atoms with Gasteiger partial charge in [-0.25, -0.2) is 0 Å². The lowest BCUT2D eigenvalue weighted by atomic mass is 9.86. The topological polar surface area (TPSA) is 43.4 Å². The summed E-state index contributed by atoms with van der Waals surface area (Å²) in [6, 6.07) is 0. The number of carbonyl (C=O) groups excluding carboxylic acids is 2. The molecule has 0 amide bonds. The number of ketones is 2. The zero-order valence-corrected chi connectivity index (χ0v) is 6.79. The Kier molecular flexibility index (Phi) is 2.39. The molecule has 1 fully saturated rings. The van der Waals surface area contributed by atoms with Crippen LogP contribution in [-0.2, 0) is 14.3 Å². The summed E-state index contributed by atoms with van der Waals surface area (Å²) in [5.74, 6) is 0.0146. The molecule has 0 N–H and O–H groups in total. The number of Topliss-reactive ketones (excluding diaryl/α,β-unsaturated/α-hetero) is 2. The van der Waals surface area contributed by atoms with Crippen molar-refractivity contribution >= 4 is 11.6 Å². The maximum atomic E-state index is 11.1. The van der Waals surface area contributed by atoms with Crippen LogP contribution < -0.4 is 0 Å². The van der Waals surface area contributed by atoms with Crippen LogP contribution in [0.4, 0.5) is 0 Å². The third-order valence-corrected chi connectivity index (χ3v) is 2.01. The molecule has 0 aliphatic heterocycles. The molecule has 0 aromatic heterocycles. The normalized spacial score (nSPS) is 32.5. The van der Waals surface area contributed by atoms with Gasteiger partial charge in [0.05, 0.1) is 6.42 Å². The van der Waals surface area contributed by atoms with Crippen LogP contribution in [0.5, 0.6) is 0 Å². The molecule has 2 atom stereocenters. The highest BCUT2D eigenvalue weighted by Crippen LogP contribution is 2.20. The Morgan fingerprint density at radius 2 is 2.09 bits per heavy atom. The average molecular weight is 156 g/mol. The molecule has 0 radical (unpaired) electrons. The lowest BCUT2D eigenvalue weighted by molar-refractivity contribution is -0.141. The Bertz CT molecular complexity index is 186. The monoisotopic (exact) mass is 156 g/mol. The van der Waals surface area contributed by atoms with Gasteiger partial charge in [-0.15, -0.1) is 0 Å². The second-order valence-corrected chi connectivity index (χ2v) is 3.02. The molecule has 0 aromatic rings. The minimum atomic E-state index is -0.354. The number of methoxy groups -OCH3 is 1. The second-order valence-electron chi connectivity index (χ2n) is 3.02. The van der Waals surface area contributed by atoms with E-state index in [4.69, 9.17) is 4.74 Å². The third kappa shape index (κ3) is 1.66. The van der Waals surface area contributed by atoms with Gasteiger partial charge < -0.3 is 4.74 Å². The number of hydrogen-bond donors (Lipinski definition) is 0. The molecule has 0 bridgehead atoms. The van der Waals surface area contributed by atoms with Gasteiger partial charge in [-0.05, 0) is 5.92 Å². The minimum Gasteiger partial charge on any atom is -0.373 e. The zero-order chi connectivity index (χ0) is 8.43. The highest BCUT2D eigenvalue weighted by atomic mass is 16.5. The van der Waals surface area contributed by atoms with E-state index in [1.165, 1.54) is 7.11 Å². The van der Waals surface area contributed by atoms with E-state index in [0.717, 1.165) is 0 Å². The molecule has 3 heteroatoms. The summed E-state index contributed by atoms with van der Waals surface area (Å²) in [5.41, 5.74) is 0. The van der Waals surface area contributed by atoms with Crippen molar-refractivity contribution < 1.29 is 14.3 Å². The van der Waals surface area contributed by atoms with Crippen molar-refractivity contribution in [1.82, 2.24) is 0 Å². The van der Waals surface area contributed by atoms with Gasteiger partial charge in [0.25, 0.3) is 0 Å². The summed E-state index contributed by atoms with van der Waals surface area (Å²) in [6.07, 6.45) is 0.181. The molecule has 3 nitrogen and oxygen atoms in total. The van der Waals surface area contributed by atoms with Gasteiger partial charge >= 0.3 is 0 Å². The first-order chi connectivity index (χ1) is 5.15. The molecular weight excluding hydrogens is 144 g/mol. The fourth-order valence-corrected chi connectivity index (χ4v) is 1.51. The van der Waals surface area contributed by atoms with Gasteiger partial charge in [0.2, 0.25) is 0 Å². The molecule has 1 rings (SSSR count). The molecule has 1 aliphatic rings. The Morgan fingerprint density at radius 1 is 1.45 bits per heavy atom. The van der Waals surface area contributed by atoms with E-state index in [2.05, 4.69) is 0 Å². The highest BCUT2D eigenvalue weighted by molar-refractivity contribution is 6.03. The van der Waals surface area contributed by atoms with Crippen molar-refractivity contribution in [2.75, 3.05) is 7.11 Å². The fraction of sp³-hybridized carbons (Fsp3) is 0.750. The van der Waals surface area contributed by atoms with Crippen LogP contribution in [0.3, 0.4) is 0 Å². The molecule has 11 heavy (non-hydrogen) atoms. The smallest absolute Gasteiger partial charge is 0.169 e. The standard InChI is InChI=1S/C8H12O3/c1-5-3-6(9)4-7(10)8(5)11-2/h5,8H,3-4H2,1-2H3. The quantitative estimate of drug-likeness (QED) is 0.521. The maximum Gasteiger partial charge on any atom is 0.169 e. The second kappa shape index (κ2) is 3.13. The predicted molar refractivity (Wildman–Crippen MR) is 39.2 cm³/mol. The number of rotatable bonds is 1. The van der Waals surface area contributed by atoms with E-state index in [-0.39, 0.29) is 30.0 Å². The first kappa shape index (κ1) is 8.40. The van der Waals surface area contributed by atoms with E-state index >= 15 is 0 Å². The predicted octanol–water partition coefficient (Wildman–Crippen LogP) is 0.569. The zero-order valence-electron chi connectivity index (χ0n) is 6.79. The molecule has 0 spiro atoms. The SMILES string of the molecule is COC1C(=O)CC(=O)CC1C. The number of carbonyl (C=O) groups is 2. The first-order valence-corrected chi connectivity index (χ1v) is 3.72. The third-order valence-electron chi connectivity index (χ3n) is 2.01.